The third-order valence-electron chi connectivity index (χ3n) is 4.52. The van der Waals surface area contributed by atoms with Crippen LogP contribution in [0, 0.1) is 0 Å². The fourth-order valence-corrected chi connectivity index (χ4v) is 3.26. The summed E-state index contributed by atoms with van der Waals surface area (Å²) >= 11 is 0. The molecule has 0 bridgehead atoms. The SMILES string of the molecule is C=C(C(=O)OCC)[C@H](O)[C@H]1O[C@@H]2OC(C)(C)O[C@@H]2[C@H]1OCc1ccccc1. The van der Waals surface area contributed by atoms with Crippen LogP contribution in [-0.4, -0.2) is 54.2 Å². The molecule has 0 radical (unpaired) electrons. The number of carbonyl (C=O) groups excluding carboxylic acids is 1. The van der Waals surface area contributed by atoms with Gasteiger partial charge in [0.2, 0.25) is 0 Å². The van der Waals surface area contributed by atoms with Crippen LogP contribution in [0.5, 0.6) is 0 Å². The first kappa shape index (κ1) is 20.0. The molecule has 0 aliphatic carbocycles. The molecule has 2 aliphatic rings. The number of carbonyl (C=O) groups is 1. The molecule has 148 valence electrons. The van der Waals surface area contributed by atoms with Crippen molar-refractivity contribution in [2.45, 2.75) is 63.9 Å². The average molecular weight is 378 g/mol. The molecule has 0 spiro atoms. The lowest BCUT2D eigenvalue weighted by atomic mass is 10.00. The quantitative estimate of drug-likeness (QED) is 0.573. The predicted molar refractivity (Wildman–Crippen MR) is 95.5 cm³/mol. The maximum atomic E-state index is 11.9. The van der Waals surface area contributed by atoms with Gasteiger partial charge in [0.25, 0.3) is 0 Å². The highest BCUT2D eigenvalue weighted by atomic mass is 16.8. The van der Waals surface area contributed by atoms with E-state index in [4.69, 9.17) is 23.7 Å². The second-order valence-corrected chi connectivity index (χ2v) is 7.02. The first-order valence-electron chi connectivity index (χ1n) is 9.03. The van der Waals surface area contributed by atoms with Crippen LogP contribution in [0.25, 0.3) is 0 Å². The van der Waals surface area contributed by atoms with E-state index in [2.05, 4.69) is 6.58 Å². The Balaban J connectivity index is 1.75. The molecule has 0 saturated carbocycles. The van der Waals surface area contributed by atoms with E-state index < -0.39 is 42.5 Å². The van der Waals surface area contributed by atoms with E-state index in [1.807, 2.05) is 30.3 Å². The first-order chi connectivity index (χ1) is 12.8. The zero-order chi connectivity index (χ0) is 19.6. The second kappa shape index (κ2) is 8.08. The Kier molecular flexibility index (Phi) is 5.98. The molecule has 0 aromatic heterocycles. The third kappa shape index (κ3) is 4.39. The van der Waals surface area contributed by atoms with E-state index in [1.165, 1.54) is 0 Å². The van der Waals surface area contributed by atoms with E-state index >= 15 is 0 Å². The Labute approximate surface area is 158 Å². The Bertz CT molecular complexity index is 672. The largest absolute Gasteiger partial charge is 0.463 e. The molecule has 5 atom stereocenters. The van der Waals surface area contributed by atoms with Crippen molar-refractivity contribution in [2.24, 2.45) is 0 Å². The predicted octanol–water partition coefficient (Wildman–Crippen LogP) is 1.93. The van der Waals surface area contributed by atoms with E-state index in [9.17, 15) is 9.90 Å². The summed E-state index contributed by atoms with van der Waals surface area (Å²) in [5, 5.41) is 10.7. The maximum absolute atomic E-state index is 11.9. The second-order valence-electron chi connectivity index (χ2n) is 7.02. The molecule has 1 aromatic carbocycles. The topological polar surface area (TPSA) is 83.5 Å². The number of esters is 1. The van der Waals surface area contributed by atoms with Crippen molar-refractivity contribution >= 4 is 5.97 Å². The molecule has 2 aliphatic heterocycles. The van der Waals surface area contributed by atoms with Gasteiger partial charge in [-0.25, -0.2) is 4.79 Å². The molecule has 7 heteroatoms. The molecule has 1 aromatic rings. The summed E-state index contributed by atoms with van der Waals surface area (Å²) in [7, 11) is 0. The van der Waals surface area contributed by atoms with Gasteiger partial charge in [0.1, 0.15) is 24.4 Å². The monoisotopic (exact) mass is 378 g/mol. The molecular weight excluding hydrogens is 352 g/mol. The molecule has 3 rings (SSSR count). The fourth-order valence-electron chi connectivity index (χ4n) is 3.26. The molecule has 7 nitrogen and oxygen atoms in total. The Hall–Kier alpha value is -1.77. The van der Waals surface area contributed by atoms with Crippen LogP contribution < -0.4 is 0 Å². The first-order valence-corrected chi connectivity index (χ1v) is 9.03. The van der Waals surface area contributed by atoms with Crippen LogP contribution in [0.2, 0.25) is 0 Å². The Morgan fingerprint density at radius 2 is 2.00 bits per heavy atom. The summed E-state index contributed by atoms with van der Waals surface area (Å²) in [6.07, 6.45) is -4.03. The van der Waals surface area contributed by atoms with E-state index in [1.54, 1.807) is 20.8 Å². The lowest BCUT2D eigenvalue weighted by Gasteiger charge is -2.29. The number of hydrogen-bond acceptors (Lipinski definition) is 7. The zero-order valence-electron chi connectivity index (χ0n) is 15.8. The molecule has 2 saturated heterocycles. The highest BCUT2D eigenvalue weighted by Gasteiger charge is 2.57. The van der Waals surface area contributed by atoms with Gasteiger partial charge in [-0.3, -0.25) is 0 Å². The van der Waals surface area contributed by atoms with Crippen LogP contribution in [0.3, 0.4) is 0 Å². The lowest BCUT2D eigenvalue weighted by molar-refractivity contribution is -0.228. The van der Waals surface area contributed by atoms with E-state index in [-0.39, 0.29) is 12.2 Å². The van der Waals surface area contributed by atoms with Gasteiger partial charge in [0.05, 0.1) is 18.8 Å². The number of fused-ring (bicyclic) bond motifs is 1. The third-order valence-corrected chi connectivity index (χ3v) is 4.52. The standard InChI is InChI=1S/C20H26O7/c1-5-23-18(22)12(2)14(21)15-16(24-11-13-9-7-6-8-10-13)17-19(25-15)27-20(3,4)26-17/h6-10,14-17,19,21H,2,5,11H2,1,3-4H3/t14-,15+,16-,17+,19+/m0/s1. The smallest absolute Gasteiger partial charge is 0.336 e. The van der Waals surface area contributed by atoms with Crippen LogP contribution in [0.15, 0.2) is 42.5 Å². The number of hydrogen-bond donors (Lipinski definition) is 1. The lowest BCUT2D eigenvalue weighted by Crippen LogP contribution is -2.44. The highest BCUT2D eigenvalue weighted by Crippen LogP contribution is 2.40. The summed E-state index contributed by atoms with van der Waals surface area (Å²) < 4.78 is 28.5. The van der Waals surface area contributed by atoms with Crippen molar-refractivity contribution < 1.29 is 33.6 Å². The number of benzene rings is 1. The van der Waals surface area contributed by atoms with E-state index in [0.717, 1.165) is 5.56 Å². The van der Waals surface area contributed by atoms with Crippen molar-refractivity contribution in [1.29, 1.82) is 0 Å². The van der Waals surface area contributed by atoms with Gasteiger partial charge in [-0.2, -0.15) is 0 Å². The van der Waals surface area contributed by atoms with Gasteiger partial charge in [-0.1, -0.05) is 36.9 Å². The summed E-state index contributed by atoms with van der Waals surface area (Å²) in [6, 6.07) is 9.63. The minimum absolute atomic E-state index is 0.0885. The van der Waals surface area contributed by atoms with Crippen LogP contribution in [0.1, 0.15) is 26.3 Å². The fraction of sp³-hybridized carbons (Fsp3) is 0.550. The van der Waals surface area contributed by atoms with Gasteiger partial charge < -0.3 is 28.8 Å². The number of aliphatic hydroxyl groups excluding tert-OH is 1. The van der Waals surface area contributed by atoms with Crippen molar-refractivity contribution in [3.8, 4) is 0 Å². The highest BCUT2D eigenvalue weighted by molar-refractivity contribution is 5.89. The molecule has 2 heterocycles. The molecule has 0 unspecified atom stereocenters. The Morgan fingerprint density at radius 1 is 1.30 bits per heavy atom. The Morgan fingerprint density at radius 3 is 2.67 bits per heavy atom. The van der Waals surface area contributed by atoms with Gasteiger partial charge in [-0.05, 0) is 26.3 Å². The van der Waals surface area contributed by atoms with Crippen LogP contribution in [0.4, 0.5) is 0 Å². The molecule has 1 N–H and O–H groups in total. The molecule has 0 amide bonds. The van der Waals surface area contributed by atoms with Gasteiger partial charge in [-0.15, -0.1) is 0 Å². The van der Waals surface area contributed by atoms with Crippen molar-refractivity contribution in [1.82, 2.24) is 0 Å². The number of aliphatic hydroxyl groups is 1. The minimum Gasteiger partial charge on any atom is -0.463 e. The van der Waals surface area contributed by atoms with Crippen molar-refractivity contribution in [3.63, 3.8) is 0 Å². The normalized spacial score (nSPS) is 29.9. The minimum atomic E-state index is -1.30. The van der Waals surface area contributed by atoms with Crippen molar-refractivity contribution in [3.05, 3.63) is 48.0 Å². The average Bonchev–Trinajstić information content (AvgIpc) is 3.11. The van der Waals surface area contributed by atoms with Crippen LogP contribution in [-0.2, 0) is 35.1 Å². The summed E-state index contributed by atoms with van der Waals surface area (Å²) in [4.78, 5) is 11.9. The van der Waals surface area contributed by atoms with Crippen molar-refractivity contribution in [2.75, 3.05) is 6.61 Å². The number of ether oxygens (including phenoxy) is 5. The summed E-state index contributed by atoms with van der Waals surface area (Å²) in [5.74, 6) is -1.49. The van der Waals surface area contributed by atoms with Gasteiger partial charge in [0, 0.05) is 0 Å². The number of rotatable bonds is 7. The summed E-state index contributed by atoms with van der Waals surface area (Å²) in [6.45, 7) is 9.40. The molecule has 27 heavy (non-hydrogen) atoms. The van der Waals surface area contributed by atoms with Gasteiger partial charge in [0.15, 0.2) is 12.1 Å². The van der Waals surface area contributed by atoms with E-state index in [0.29, 0.717) is 6.61 Å². The summed E-state index contributed by atoms with van der Waals surface area (Å²) in [5.41, 5.74) is 0.881. The molecule has 2 fully saturated rings. The zero-order valence-corrected chi connectivity index (χ0v) is 15.8. The molecular formula is C20H26O7. The van der Waals surface area contributed by atoms with Gasteiger partial charge >= 0.3 is 5.97 Å². The maximum Gasteiger partial charge on any atom is 0.336 e. The van der Waals surface area contributed by atoms with Crippen LogP contribution >= 0.6 is 0 Å².